The third kappa shape index (κ3) is 14.3. The maximum absolute atomic E-state index is 13.1. The summed E-state index contributed by atoms with van der Waals surface area (Å²) in [6.45, 7) is 8.57. The summed E-state index contributed by atoms with van der Waals surface area (Å²) >= 11 is 0. The number of hydrogen-bond donors (Lipinski definition) is 3. The number of rotatable bonds is 19. The van der Waals surface area contributed by atoms with Crippen LogP contribution in [0.25, 0.3) is 0 Å². The monoisotopic (exact) mass is 732 g/mol. The van der Waals surface area contributed by atoms with E-state index in [1.807, 2.05) is 0 Å². The van der Waals surface area contributed by atoms with Gasteiger partial charge in [-0.2, -0.15) is 0 Å². The molecule has 13 heteroatoms. The van der Waals surface area contributed by atoms with Crippen LogP contribution < -0.4 is 9.47 Å². The van der Waals surface area contributed by atoms with Crippen molar-refractivity contribution >= 4 is 17.9 Å². The van der Waals surface area contributed by atoms with Crippen molar-refractivity contribution in [3.63, 3.8) is 0 Å². The Hall–Kier alpha value is -3.75. The first-order chi connectivity index (χ1) is 24.5. The SMILES string of the molecule is COc1ccc(C(=O)O[C@H](CCO)C[C@H](O)C[C@H](O)C[C@H]2C[C@@H](C[C@H](CCOC(=O)C(C)(C)C)OC(=O)c3ccc(OC)cc3)OC(C)(C)O2)cc1. The lowest BCUT2D eigenvalue weighted by Gasteiger charge is -2.42. The van der Waals surface area contributed by atoms with Gasteiger partial charge in [-0.1, -0.05) is 0 Å². The van der Waals surface area contributed by atoms with Crippen molar-refractivity contribution in [2.24, 2.45) is 5.41 Å². The highest BCUT2D eigenvalue weighted by Crippen LogP contribution is 2.33. The second-order valence-corrected chi connectivity index (χ2v) is 14.6. The molecule has 0 amide bonds. The van der Waals surface area contributed by atoms with E-state index in [2.05, 4.69) is 0 Å². The molecule has 290 valence electrons. The molecule has 1 aliphatic rings. The number of methoxy groups -OCH3 is 2. The van der Waals surface area contributed by atoms with E-state index in [0.717, 1.165) is 0 Å². The minimum atomic E-state index is -1.03. The fourth-order valence-electron chi connectivity index (χ4n) is 5.90. The van der Waals surface area contributed by atoms with Crippen LogP contribution in [0.1, 0.15) is 100 Å². The minimum Gasteiger partial charge on any atom is -0.497 e. The highest BCUT2D eigenvalue weighted by molar-refractivity contribution is 5.90. The number of hydrogen-bond acceptors (Lipinski definition) is 13. The lowest BCUT2D eigenvalue weighted by Crippen LogP contribution is -2.47. The quantitative estimate of drug-likeness (QED) is 0.130. The summed E-state index contributed by atoms with van der Waals surface area (Å²) in [5.41, 5.74) is -0.0515. The normalized spacial score (nSPS) is 19.4. The molecular weight excluding hydrogens is 676 g/mol. The molecule has 2 aromatic rings. The van der Waals surface area contributed by atoms with Gasteiger partial charge in [-0.25, -0.2) is 9.59 Å². The van der Waals surface area contributed by atoms with E-state index in [9.17, 15) is 29.7 Å². The Labute approximate surface area is 306 Å². The van der Waals surface area contributed by atoms with Gasteiger partial charge in [-0.15, -0.1) is 0 Å². The molecule has 0 aliphatic carbocycles. The Morgan fingerprint density at radius 1 is 0.769 bits per heavy atom. The summed E-state index contributed by atoms with van der Waals surface area (Å²) in [5, 5.41) is 31.4. The number of ether oxygens (including phenoxy) is 7. The van der Waals surface area contributed by atoms with Crippen molar-refractivity contribution in [1.82, 2.24) is 0 Å². The van der Waals surface area contributed by atoms with Gasteiger partial charge in [0.25, 0.3) is 0 Å². The maximum atomic E-state index is 13.1. The second-order valence-electron chi connectivity index (χ2n) is 14.6. The van der Waals surface area contributed by atoms with Crippen LogP contribution >= 0.6 is 0 Å². The maximum Gasteiger partial charge on any atom is 0.338 e. The van der Waals surface area contributed by atoms with Crippen LogP contribution in [-0.2, 0) is 28.5 Å². The number of carbonyl (C=O) groups is 3. The van der Waals surface area contributed by atoms with Gasteiger partial charge in [0.05, 0.1) is 61.8 Å². The van der Waals surface area contributed by atoms with Gasteiger partial charge in [-0.05, 0) is 96.0 Å². The largest absolute Gasteiger partial charge is 0.497 e. The topological polar surface area (TPSA) is 177 Å². The Morgan fingerprint density at radius 3 is 1.75 bits per heavy atom. The first-order valence-corrected chi connectivity index (χ1v) is 17.7. The molecule has 0 saturated carbocycles. The molecule has 6 atom stereocenters. The Kier molecular flexibility index (Phi) is 16.3. The van der Waals surface area contributed by atoms with Crippen LogP contribution in [0.5, 0.6) is 11.5 Å². The molecular formula is C39H56O13. The van der Waals surface area contributed by atoms with Gasteiger partial charge in [0.15, 0.2) is 5.79 Å². The smallest absolute Gasteiger partial charge is 0.338 e. The average Bonchev–Trinajstić information content (AvgIpc) is 3.06. The summed E-state index contributed by atoms with van der Waals surface area (Å²) in [5.74, 6) is -1.36. The number of esters is 3. The van der Waals surface area contributed by atoms with Gasteiger partial charge < -0.3 is 48.5 Å². The summed E-state index contributed by atoms with van der Waals surface area (Å²) < 4.78 is 39.6. The van der Waals surface area contributed by atoms with E-state index >= 15 is 0 Å². The van der Waals surface area contributed by atoms with Crippen LogP contribution in [0.2, 0.25) is 0 Å². The Bertz CT molecular complexity index is 1400. The van der Waals surface area contributed by atoms with Gasteiger partial charge in [0.2, 0.25) is 0 Å². The lowest BCUT2D eigenvalue weighted by atomic mass is 9.95. The fraction of sp³-hybridized carbons (Fsp3) is 0.615. The number of carbonyl (C=O) groups excluding carboxylic acids is 3. The zero-order chi connectivity index (χ0) is 38.5. The molecule has 13 nitrogen and oxygen atoms in total. The number of aliphatic hydroxyl groups excluding tert-OH is 3. The van der Waals surface area contributed by atoms with Crippen LogP contribution in [0.15, 0.2) is 48.5 Å². The highest BCUT2D eigenvalue weighted by atomic mass is 16.7. The standard InChI is InChI=1S/C39H56O13/c1-38(2,3)37(45)48-19-17-32(50-36(44)26-10-14-30(47-7)15-11-26)23-34-24-33(51-39(4,5)52-34)22-28(42)20-27(41)21-31(16-18-40)49-35(43)25-8-12-29(46-6)13-9-25/h8-15,27-28,31-34,40-42H,16-24H2,1-7H3/t27-,28+,31-,32+,33+,34-/m1/s1. The van der Waals surface area contributed by atoms with Gasteiger partial charge in [0.1, 0.15) is 23.7 Å². The summed E-state index contributed by atoms with van der Waals surface area (Å²) in [7, 11) is 3.05. The van der Waals surface area contributed by atoms with E-state index in [0.29, 0.717) is 29.0 Å². The molecule has 52 heavy (non-hydrogen) atoms. The molecule has 1 aliphatic heterocycles. The predicted molar refractivity (Wildman–Crippen MR) is 190 cm³/mol. The molecule has 0 spiro atoms. The average molecular weight is 733 g/mol. The zero-order valence-electron chi connectivity index (χ0n) is 31.4. The highest BCUT2D eigenvalue weighted by Gasteiger charge is 2.38. The van der Waals surface area contributed by atoms with E-state index in [4.69, 9.17) is 33.2 Å². The Balaban J connectivity index is 1.61. The van der Waals surface area contributed by atoms with Crippen molar-refractivity contribution in [3.8, 4) is 11.5 Å². The van der Waals surface area contributed by atoms with Crippen LogP contribution in [0.4, 0.5) is 0 Å². The molecule has 0 unspecified atom stereocenters. The molecule has 1 saturated heterocycles. The first-order valence-electron chi connectivity index (χ1n) is 17.7. The van der Waals surface area contributed by atoms with Crippen molar-refractivity contribution < 1.29 is 62.9 Å². The first kappa shape index (κ1) is 42.7. The van der Waals surface area contributed by atoms with Crippen LogP contribution in [0.3, 0.4) is 0 Å². The number of benzene rings is 2. The predicted octanol–water partition coefficient (Wildman–Crippen LogP) is 5.01. The molecule has 1 fully saturated rings. The third-order valence-corrected chi connectivity index (χ3v) is 8.50. The molecule has 1 heterocycles. The van der Waals surface area contributed by atoms with Crippen molar-refractivity contribution in [1.29, 1.82) is 0 Å². The van der Waals surface area contributed by atoms with Crippen LogP contribution in [0, 0.1) is 5.41 Å². The second kappa shape index (κ2) is 19.9. The van der Waals surface area contributed by atoms with Gasteiger partial charge >= 0.3 is 17.9 Å². The summed E-state index contributed by atoms with van der Waals surface area (Å²) in [6.07, 6.45) is -3.18. The van der Waals surface area contributed by atoms with Crippen molar-refractivity contribution in [3.05, 3.63) is 59.7 Å². The van der Waals surface area contributed by atoms with E-state index < -0.39 is 59.8 Å². The van der Waals surface area contributed by atoms with Crippen LogP contribution in [-0.4, -0.2) is 103 Å². The van der Waals surface area contributed by atoms with E-state index in [1.54, 1.807) is 83.1 Å². The molecule has 3 rings (SSSR count). The number of aliphatic hydroxyl groups is 3. The minimum absolute atomic E-state index is 0.0172. The summed E-state index contributed by atoms with van der Waals surface area (Å²) in [4.78, 5) is 38.2. The molecule has 0 radical (unpaired) electrons. The summed E-state index contributed by atoms with van der Waals surface area (Å²) in [6, 6.07) is 12.9. The lowest BCUT2D eigenvalue weighted by molar-refractivity contribution is -0.305. The van der Waals surface area contributed by atoms with Gasteiger partial charge in [-0.3, -0.25) is 4.79 Å². The zero-order valence-corrected chi connectivity index (χ0v) is 31.4. The van der Waals surface area contributed by atoms with Crippen molar-refractivity contribution in [2.45, 2.75) is 122 Å². The third-order valence-electron chi connectivity index (χ3n) is 8.50. The molecule has 0 aromatic heterocycles. The van der Waals surface area contributed by atoms with Crippen molar-refractivity contribution in [2.75, 3.05) is 27.4 Å². The molecule has 2 aromatic carbocycles. The van der Waals surface area contributed by atoms with E-state index in [1.165, 1.54) is 14.2 Å². The molecule has 0 bridgehead atoms. The fourth-order valence-corrected chi connectivity index (χ4v) is 5.90. The molecule has 3 N–H and O–H groups in total. The van der Waals surface area contributed by atoms with E-state index in [-0.39, 0.29) is 57.7 Å². The van der Waals surface area contributed by atoms with Gasteiger partial charge in [0, 0.05) is 38.7 Å². The Morgan fingerprint density at radius 2 is 1.27 bits per heavy atom.